The first-order chi connectivity index (χ1) is 10.6. The summed E-state index contributed by atoms with van der Waals surface area (Å²) in [5.41, 5.74) is 5.34. The fourth-order valence-corrected chi connectivity index (χ4v) is 1.39. The van der Waals surface area contributed by atoms with Gasteiger partial charge in [0.2, 0.25) is 0 Å². The van der Waals surface area contributed by atoms with E-state index >= 15 is 0 Å². The van der Waals surface area contributed by atoms with Crippen LogP contribution >= 0.6 is 0 Å². The number of nitrogens with two attached hydrogens (primary N) is 1. The largest absolute Gasteiger partial charge is 0.465 e. The number of hydrogen-bond acceptors (Lipinski definition) is 8. The summed E-state index contributed by atoms with van der Waals surface area (Å²) in [6.45, 7) is 4.40. The number of hydrogen-bond donors (Lipinski definition) is 2. The van der Waals surface area contributed by atoms with Crippen molar-refractivity contribution in [3.63, 3.8) is 0 Å². The minimum atomic E-state index is -1.12. The molecule has 10 heteroatoms. The van der Waals surface area contributed by atoms with Gasteiger partial charge in [-0.2, -0.15) is 5.10 Å². The molecule has 2 amide bonds. The highest BCUT2D eigenvalue weighted by atomic mass is 16.6. The predicted octanol–water partition coefficient (Wildman–Crippen LogP) is -0.375. The second kappa shape index (κ2) is 9.18. The molecule has 0 unspecified atom stereocenters. The molecule has 0 aliphatic rings. The minimum Gasteiger partial charge on any atom is -0.465 e. The fourth-order valence-electron chi connectivity index (χ4n) is 1.39. The molecular formula is C13H19N3O7. The molecule has 0 aliphatic heterocycles. The monoisotopic (exact) mass is 329 g/mol. The zero-order valence-electron chi connectivity index (χ0n) is 13.5. The topological polar surface area (TPSA) is 146 Å². The van der Waals surface area contributed by atoms with Gasteiger partial charge in [0.1, 0.15) is 5.57 Å². The molecule has 0 atom stereocenters. The minimum absolute atomic E-state index is 0.194. The number of urea groups is 1. The maximum Gasteiger partial charge on any atom is 0.346 e. The Bertz CT molecular complexity index is 546. The molecular weight excluding hydrogens is 310 g/mol. The van der Waals surface area contributed by atoms with Gasteiger partial charge in [-0.05, 0) is 20.8 Å². The maximum atomic E-state index is 12.2. The van der Waals surface area contributed by atoms with Gasteiger partial charge in [0.05, 0.1) is 26.0 Å². The van der Waals surface area contributed by atoms with Gasteiger partial charge in [0.15, 0.2) is 5.57 Å². The third-order valence-corrected chi connectivity index (χ3v) is 2.27. The first kappa shape index (κ1) is 20.1. The molecule has 3 N–H and O–H groups in total. The summed E-state index contributed by atoms with van der Waals surface area (Å²) in [7, 11) is 2.04. The van der Waals surface area contributed by atoms with Crippen molar-refractivity contribution >= 4 is 29.7 Å². The summed E-state index contributed by atoms with van der Waals surface area (Å²) in [5.74, 6) is -3.26. The first-order valence-corrected chi connectivity index (χ1v) is 6.37. The van der Waals surface area contributed by atoms with E-state index in [2.05, 4.69) is 14.6 Å². The number of primary amides is 1. The third-order valence-electron chi connectivity index (χ3n) is 2.27. The van der Waals surface area contributed by atoms with Crippen LogP contribution < -0.4 is 11.2 Å². The Balaban J connectivity index is 6.24. The van der Waals surface area contributed by atoms with Gasteiger partial charge in [-0.1, -0.05) is 0 Å². The number of methoxy groups -OCH3 is 2. The van der Waals surface area contributed by atoms with Crippen molar-refractivity contribution in [2.75, 3.05) is 14.2 Å². The summed E-state index contributed by atoms with van der Waals surface area (Å²) < 4.78 is 13.9. The van der Waals surface area contributed by atoms with E-state index in [4.69, 9.17) is 10.5 Å². The van der Waals surface area contributed by atoms with Crippen molar-refractivity contribution in [1.82, 2.24) is 5.43 Å². The van der Waals surface area contributed by atoms with Crippen LogP contribution in [0.3, 0.4) is 0 Å². The molecule has 0 saturated carbocycles. The number of ether oxygens (including phenoxy) is 3. The van der Waals surface area contributed by atoms with Crippen molar-refractivity contribution in [2.24, 2.45) is 10.8 Å². The quantitative estimate of drug-likeness (QED) is 0.128. The van der Waals surface area contributed by atoms with Crippen LogP contribution in [0.2, 0.25) is 0 Å². The molecule has 128 valence electrons. The summed E-state index contributed by atoms with van der Waals surface area (Å²) in [6, 6.07) is -1.00. The lowest BCUT2D eigenvalue weighted by atomic mass is 10.0. The van der Waals surface area contributed by atoms with E-state index in [0.717, 1.165) is 14.2 Å². The number of nitrogens with one attached hydrogen (secondary N) is 1. The molecule has 0 fully saturated rings. The van der Waals surface area contributed by atoms with Crippen LogP contribution in [0.4, 0.5) is 4.79 Å². The molecule has 0 bridgehead atoms. The number of amides is 2. The smallest absolute Gasteiger partial charge is 0.346 e. The molecule has 0 saturated heterocycles. The van der Waals surface area contributed by atoms with Crippen LogP contribution in [0.1, 0.15) is 20.8 Å². The molecule has 0 radical (unpaired) electrons. The highest BCUT2D eigenvalue weighted by molar-refractivity contribution is 6.30. The van der Waals surface area contributed by atoms with Crippen LogP contribution in [0.15, 0.2) is 16.2 Å². The van der Waals surface area contributed by atoms with E-state index < -0.39 is 41.2 Å². The van der Waals surface area contributed by atoms with E-state index in [0.29, 0.717) is 0 Å². The second-order valence-electron chi connectivity index (χ2n) is 4.36. The van der Waals surface area contributed by atoms with Gasteiger partial charge >= 0.3 is 23.9 Å². The molecule has 0 heterocycles. The Morgan fingerprint density at radius 1 is 0.957 bits per heavy atom. The summed E-state index contributed by atoms with van der Waals surface area (Å²) >= 11 is 0. The maximum absolute atomic E-state index is 12.2. The Morgan fingerprint density at radius 2 is 1.43 bits per heavy atom. The van der Waals surface area contributed by atoms with Crippen molar-refractivity contribution < 1.29 is 33.4 Å². The van der Waals surface area contributed by atoms with E-state index in [-0.39, 0.29) is 5.71 Å². The van der Waals surface area contributed by atoms with Gasteiger partial charge in [-0.15, -0.1) is 0 Å². The van der Waals surface area contributed by atoms with Crippen LogP contribution in [0.25, 0.3) is 0 Å². The SMILES string of the molecule is COC(=O)C(C(=O)OC)=C(C(=O)OC(C)C)/C(C)=N/NC(N)=O. The highest BCUT2D eigenvalue weighted by Gasteiger charge is 2.32. The lowest BCUT2D eigenvalue weighted by Crippen LogP contribution is -2.30. The van der Waals surface area contributed by atoms with E-state index in [1.54, 1.807) is 13.8 Å². The molecule has 0 aromatic rings. The lowest BCUT2D eigenvalue weighted by molar-refractivity contribution is -0.147. The average Bonchev–Trinajstić information content (AvgIpc) is 2.47. The number of rotatable bonds is 6. The molecule has 0 rings (SSSR count). The summed E-state index contributed by atoms with van der Waals surface area (Å²) in [6.07, 6.45) is -0.536. The van der Waals surface area contributed by atoms with Gasteiger partial charge in [0.25, 0.3) is 0 Å². The Kier molecular flexibility index (Phi) is 8.02. The van der Waals surface area contributed by atoms with Crippen molar-refractivity contribution in [3.05, 3.63) is 11.1 Å². The van der Waals surface area contributed by atoms with Crippen molar-refractivity contribution in [3.8, 4) is 0 Å². The van der Waals surface area contributed by atoms with Crippen LogP contribution in [0.5, 0.6) is 0 Å². The Hall–Kier alpha value is -2.91. The molecule has 23 heavy (non-hydrogen) atoms. The highest BCUT2D eigenvalue weighted by Crippen LogP contribution is 2.14. The number of carbonyl (C=O) groups excluding carboxylic acids is 4. The molecule has 0 spiro atoms. The zero-order chi connectivity index (χ0) is 18.2. The van der Waals surface area contributed by atoms with Gasteiger partial charge in [0, 0.05) is 0 Å². The predicted molar refractivity (Wildman–Crippen MR) is 78.1 cm³/mol. The molecule has 0 aromatic heterocycles. The Labute approximate surface area is 132 Å². The van der Waals surface area contributed by atoms with Gasteiger partial charge in [-0.25, -0.2) is 24.6 Å². The van der Waals surface area contributed by atoms with E-state index in [1.807, 2.05) is 5.43 Å². The standard InChI is InChI=1S/C13H19N3O7/c1-6(2)23-12(19)8(7(3)15-16-13(14)20)9(10(17)21-4)11(18)22-5/h6H,1-5H3,(H3,14,16,20)/b15-7+. The van der Waals surface area contributed by atoms with Crippen molar-refractivity contribution in [2.45, 2.75) is 26.9 Å². The molecule has 10 nitrogen and oxygen atoms in total. The second-order valence-corrected chi connectivity index (χ2v) is 4.36. The summed E-state index contributed by atoms with van der Waals surface area (Å²) in [5, 5.41) is 3.52. The number of carbonyl (C=O) groups is 4. The Morgan fingerprint density at radius 3 is 1.78 bits per heavy atom. The zero-order valence-corrected chi connectivity index (χ0v) is 13.5. The van der Waals surface area contributed by atoms with Crippen LogP contribution in [-0.4, -0.2) is 50.0 Å². The fraction of sp³-hybridized carbons (Fsp3) is 0.462. The first-order valence-electron chi connectivity index (χ1n) is 6.37. The van der Waals surface area contributed by atoms with Crippen LogP contribution in [-0.2, 0) is 28.6 Å². The molecule has 0 aliphatic carbocycles. The van der Waals surface area contributed by atoms with Crippen molar-refractivity contribution in [1.29, 1.82) is 0 Å². The third kappa shape index (κ3) is 6.16. The average molecular weight is 329 g/mol. The van der Waals surface area contributed by atoms with E-state index in [1.165, 1.54) is 6.92 Å². The summed E-state index contributed by atoms with van der Waals surface area (Å²) in [4.78, 5) is 46.6. The van der Waals surface area contributed by atoms with E-state index in [9.17, 15) is 19.2 Å². The van der Waals surface area contributed by atoms with Gasteiger partial charge in [-0.3, -0.25) is 0 Å². The number of esters is 3. The number of nitrogens with zero attached hydrogens (tertiary/aromatic N) is 1. The van der Waals surface area contributed by atoms with Crippen LogP contribution in [0, 0.1) is 0 Å². The van der Waals surface area contributed by atoms with Gasteiger partial charge < -0.3 is 19.9 Å². The number of hydrazone groups is 1. The normalized spacial score (nSPS) is 10.6. The molecule has 0 aromatic carbocycles. The lowest BCUT2D eigenvalue weighted by Gasteiger charge is -2.14.